The van der Waals surface area contributed by atoms with Crippen molar-refractivity contribution in [2.24, 2.45) is 5.41 Å². The minimum absolute atomic E-state index is 0.177. The fraction of sp³-hybridized carbons (Fsp3) is 0.727. The summed E-state index contributed by atoms with van der Waals surface area (Å²) in [6, 6.07) is 8.68. The molecule has 2 atom stereocenters. The smallest absolute Gasteiger partial charge is 0.119 e. The van der Waals surface area contributed by atoms with E-state index in [2.05, 4.69) is 77.6 Å². The van der Waals surface area contributed by atoms with Crippen molar-refractivity contribution in [2.75, 3.05) is 26.2 Å². The van der Waals surface area contributed by atoms with Crippen LogP contribution in [0.25, 0.3) is 0 Å². The second kappa shape index (κ2) is 8.09. The molecule has 0 radical (unpaired) electrons. The zero-order chi connectivity index (χ0) is 18.7. The molecule has 1 fully saturated rings. The number of morpholine rings is 1. The second-order valence-electron chi connectivity index (χ2n) is 9.51. The summed E-state index contributed by atoms with van der Waals surface area (Å²) in [6.07, 6.45) is 1.79. The molecule has 2 unspecified atom stereocenters. The zero-order valence-corrected chi connectivity index (χ0v) is 17.3. The van der Waals surface area contributed by atoms with E-state index in [4.69, 9.17) is 9.47 Å². The van der Waals surface area contributed by atoms with Gasteiger partial charge in [0.15, 0.2) is 0 Å². The normalized spacial score (nSPS) is 22.8. The molecule has 0 amide bonds. The predicted octanol–water partition coefficient (Wildman–Crippen LogP) is 4.89. The highest BCUT2D eigenvalue weighted by Gasteiger charge is 2.27. The molecule has 1 aromatic rings. The van der Waals surface area contributed by atoms with Crippen LogP contribution in [0.1, 0.15) is 60.5 Å². The Balaban J connectivity index is 1.84. The molecular formula is C22H37NO2. The summed E-state index contributed by atoms with van der Waals surface area (Å²) in [5, 5.41) is 0. The van der Waals surface area contributed by atoms with E-state index >= 15 is 0 Å². The fourth-order valence-corrected chi connectivity index (χ4v) is 4.19. The van der Waals surface area contributed by atoms with Crippen molar-refractivity contribution in [1.82, 2.24) is 4.90 Å². The molecule has 0 saturated carbocycles. The van der Waals surface area contributed by atoms with Crippen LogP contribution >= 0.6 is 0 Å². The predicted molar refractivity (Wildman–Crippen MR) is 105 cm³/mol. The molecule has 2 rings (SSSR count). The lowest BCUT2D eigenvalue weighted by Gasteiger charge is -2.35. The maximum absolute atomic E-state index is 5.97. The van der Waals surface area contributed by atoms with Gasteiger partial charge in [-0.05, 0) is 48.8 Å². The molecule has 25 heavy (non-hydrogen) atoms. The minimum atomic E-state index is 0.177. The van der Waals surface area contributed by atoms with Gasteiger partial charge in [0.2, 0.25) is 0 Å². The van der Waals surface area contributed by atoms with Crippen LogP contribution < -0.4 is 4.74 Å². The Morgan fingerprint density at radius 1 is 1.00 bits per heavy atom. The van der Waals surface area contributed by atoms with Gasteiger partial charge in [0.25, 0.3) is 0 Å². The maximum atomic E-state index is 5.97. The Morgan fingerprint density at radius 3 is 2.08 bits per heavy atom. The van der Waals surface area contributed by atoms with Gasteiger partial charge in [-0.3, -0.25) is 4.90 Å². The highest BCUT2D eigenvalue weighted by Crippen LogP contribution is 2.36. The molecule has 3 nitrogen and oxygen atoms in total. The summed E-state index contributed by atoms with van der Waals surface area (Å²) in [4.78, 5) is 2.43. The monoisotopic (exact) mass is 347 g/mol. The third-order valence-electron chi connectivity index (χ3n) is 4.78. The summed E-state index contributed by atoms with van der Waals surface area (Å²) >= 11 is 0. The number of hydrogen-bond acceptors (Lipinski definition) is 3. The van der Waals surface area contributed by atoms with Gasteiger partial charge in [-0.1, -0.05) is 46.8 Å². The zero-order valence-electron chi connectivity index (χ0n) is 17.3. The van der Waals surface area contributed by atoms with Crippen molar-refractivity contribution in [3.05, 3.63) is 29.8 Å². The third kappa shape index (κ3) is 6.63. The Morgan fingerprint density at radius 2 is 1.56 bits per heavy atom. The molecule has 1 saturated heterocycles. The molecule has 0 spiro atoms. The summed E-state index contributed by atoms with van der Waals surface area (Å²) in [6.45, 7) is 19.5. The van der Waals surface area contributed by atoms with Gasteiger partial charge < -0.3 is 9.47 Å². The average molecular weight is 348 g/mol. The molecule has 1 heterocycles. The number of benzene rings is 1. The quantitative estimate of drug-likeness (QED) is 0.731. The third-order valence-corrected chi connectivity index (χ3v) is 4.78. The molecule has 1 aliphatic heterocycles. The van der Waals surface area contributed by atoms with Crippen LogP contribution in [0.4, 0.5) is 0 Å². The average Bonchev–Trinajstić information content (AvgIpc) is 2.44. The Kier molecular flexibility index (Phi) is 6.56. The van der Waals surface area contributed by atoms with E-state index < -0.39 is 0 Å². The second-order valence-corrected chi connectivity index (χ2v) is 9.51. The number of nitrogens with zero attached hydrogens (tertiary/aromatic N) is 1. The van der Waals surface area contributed by atoms with Crippen molar-refractivity contribution in [2.45, 2.75) is 72.5 Å². The molecule has 0 aromatic heterocycles. The molecular weight excluding hydrogens is 310 g/mol. The number of rotatable bonds is 6. The topological polar surface area (TPSA) is 21.7 Å². The molecule has 3 heteroatoms. The largest absolute Gasteiger partial charge is 0.492 e. The van der Waals surface area contributed by atoms with Gasteiger partial charge >= 0.3 is 0 Å². The summed E-state index contributed by atoms with van der Waals surface area (Å²) in [5.41, 5.74) is 1.88. The molecule has 0 N–H and O–H groups in total. The lowest BCUT2D eigenvalue weighted by atomic mass is 9.72. The first-order chi connectivity index (χ1) is 11.5. The van der Waals surface area contributed by atoms with Gasteiger partial charge in [0.1, 0.15) is 12.4 Å². The van der Waals surface area contributed by atoms with Crippen molar-refractivity contribution < 1.29 is 9.47 Å². The van der Waals surface area contributed by atoms with Gasteiger partial charge in [0.05, 0.1) is 12.2 Å². The first kappa shape index (κ1) is 20.3. The number of hydrogen-bond donors (Lipinski definition) is 0. The van der Waals surface area contributed by atoms with Gasteiger partial charge in [-0.25, -0.2) is 0 Å². The van der Waals surface area contributed by atoms with E-state index in [0.717, 1.165) is 38.4 Å². The van der Waals surface area contributed by atoms with Crippen molar-refractivity contribution >= 4 is 0 Å². The number of ether oxygens (including phenoxy) is 2. The van der Waals surface area contributed by atoms with Crippen molar-refractivity contribution in [3.8, 4) is 5.75 Å². The Labute approximate surface area is 154 Å². The van der Waals surface area contributed by atoms with Gasteiger partial charge in [-0.2, -0.15) is 0 Å². The standard InChI is InChI=1S/C22H37NO2/c1-17-14-23(15-18(2)25-17)12-13-24-20-10-8-19(9-11-20)22(6,7)16-21(3,4)5/h8-11,17-18H,12-16H2,1-7H3. The first-order valence-corrected chi connectivity index (χ1v) is 9.66. The highest BCUT2D eigenvalue weighted by molar-refractivity contribution is 5.31. The summed E-state index contributed by atoms with van der Waals surface area (Å²) in [5.74, 6) is 0.963. The Bertz CT molecular complexity index is 520. The van der Waals surface area contributed by atoms with E-state index in [1.54, 1.807) is 0 Å². The minimum Gasteiger partial charge on any atom is -0.492 e. The van der Waals surface area contributed by atoms with Crippen molar-refractivity contribution in [1.29, 1.82) is 0 Å². The van der Waals surface area contributed by atoms with E-state index in [1.165, 1.54) is 5.56 Å². The van der Waals surface area contributed by atoms with Crippen LogP contribution in [0.5, 0.6) is 5.75 Å². The van der Waals surface area contributed by atoms with Crippen LogP contribution in [-0.2, 0) is 10.2 Å². The summed E-state index contributed by atoms with van der Waals surface area (Å²) in [7, 11) is 0. The Hall–Kier alpha value is -1.06. The van der Waals surface area contributed by atoms with Gasteiger partial charge in [-0.15, -0.1) is 0 Å². The molecule has 1 aromatic carbocycles. The van der Waals surface area contributed by atoms with Crippen LogP contribution in [0, 0.1) is 5.41 Å². The lowest BCUT2D eigenvalue weighted by molar-refractivity contribution is -0.0699. The van der Waals surface area contributed by atoms with Crippen molar-refractivity contribution in [3.63, 3.8) is 0 Å². The molecule has 0 bridgehead atoms. The van der Waals surface area contributed by atoms with Crippen LogP contribution in [0.3, 0.4) is 0 Å². The van der Waals surface area contributed by atoms with E-state index in [0.29, 0.717) is 17.6 Å². The van der Waals surface area contributed by atoms with E-state index in [1.807, 2.05) is 0 Å². The van der Waals surface area contributed by atoms with E-state index in [-0.39, 0.29) is 5.41 Å². The molecule has 142 valence electrons. The first-order valence-electron chi connectivity index (χ1n) is 9.66. The fourth-order valence-electron chi connectivity index (χ4n) is 4.19. The molecule has 0 aliphatic carbocycles. The molecule has 1 aliphatic rings. The highest BCUT2D eigenvalue weighted by atomic mass is 16.5. The SMILES string of the molecule is CC1CN(CCOc2ccc(C(C)(C)CC(C)(C)C)cc2)CC(C)O1. The van der Waals surface area contributed by atoms with Gasteiger partial charge in [0, 0.05) is 19.6 Å². The lowest BCUT2D eigenvalue weighted by Crippen LogP contribution is -2.46. The van der Waals surface area contributed by atoms with Crippen LogP contribution in [0.15, 0.2) is 24.3 Å². The van der Waals surface area contributed by atoms with Crippen LogP contribution in [-0.4, -0.2) is 43.3 Å². The van der Waals surface area contributed by atoms with E-state index in [9.17, 15) is 0 Å². The summed E-state index contributed by atoms with van der Waals surface area (Å²) < 4.78 is 11.7. The maximum Gasteiger partial charge on any atom is 0.119 e. The van der Waals surface area contributed by atoms with Crippen LogP contribution in [0.2, 0.25) is 0 Å².